The molecule has 0 radical (unpaired) electrons. The molecule has 0 saturated heterocycles. The number of ether oxygens (including phenoxy) is 1. The van der Waals surface area contributed by atoms with E-state index in [-0.39, 0.29) is 0 Å². The van der Waals surface area contributed by atoms with Crippen molar-refractivity contribution in [1.29, 1.82) is 0 Å². The summed E-state index contributed by atoms with van der Waals surface area (Å²) in [6.07, 6.45) is 5.49. The summed E-state index contributed by atoms with van der Waals surface area (Å²) in [5.41, 5.74) is 5.29. The van der Waals surface area contributed by atoms with Gasteiger partial charge in [-0.25, -0.2) is 0 Å². The van der Waals surface area contributed by atoms with Crippen LogP contribution in [0.1, 0.15) is 5.56 Å². The van der Waals surface area contributed by atoms with Crippen molar-refractivity contribution in [2.45, 2.75) is 0 Å². The molecule has 6 heteroatoms. The van der Waals surface area contributed by atoms with Gasteiger partial charge in [-0.1, -0.05) is 11.2 Å². The fourth-order valence-corrected chi connectivity index (χ4v) is 2.78. The number of fused-ring (bicyclic) bond motifs is 1. The lowest BCUT2D eigenvalue weighted by molar-refractivity contribution is 0.313. The first kappa shape index (κ1) is 13.5. The van der Waals surface area contributed by atoms with Crippen LogP contribution in [0.2, 0.25) is 0 Å². The standard InChI is InChI=1S/C17H14N4O2/c1-21-9-14(17(19-21)11-4-6-18-7-5-11)12-2-3-13-15(20-22)10-23-16(13)8-12/h2-9,22H,10H2,1H3/b20-15+. The number of aromatic nitrogens is 3. The van der Waals surface area contributed by atoms with Gasteiger partial charge >= 0.3 is 0 Å². The van der Waals surface area contributed by atoms with Crippen molar-refractivity contribution in [1.82, 2.24) is 14.8 Å². The van der Waals surface area contributed by atoms with E-state index in [4.69, 9.17) is 9.94 Å². The van der Waals surface area contributed by atoms with Crippen molar-refractivity contribution in [3.8, 4) is 28.1 Å². The summed E-state index contributed by atoms with van der Waals surface area (Å²) in [5.74, 6) is 0.722. The minimum atomic E-state index is 0.291. The predicted molar refractivity (Wildman–Crippen MR) is 85.7 cm³/mol. The van der Waals surface area contributed by atoms with Crippen molar-refractivity contribution in [2.24, 2.45) is 12.2 Å². The lowest BCUT2D eigenvalue weighted by atomic mass is 10.00. The van der Waals surface area contributed by atoms with E-state index in [1.807, 2.05) is 43.6 Å². The smallest absolute Gasteiger partial charge is 0.134 e. The molecule has 0 unspecified atom stereocenters. The third-order valence-corrected chi connectivity index (χ3v) is 3.87. The summed E-state index contributed by atoms with van der Waals surface area (Å²) in [6, 6.07) is 9.73. The predicted octanol–water partition coefficient (Wildman–Crippen LogP) is 2.72. The Morgan fingerprint density at radius 1 is 1.13 bits per heavy atom. The minimum Gasteiger partial charge on any atom is -0.486 e. The second-order valence-electron chi connectivity index (χ2n) is 5.35. The van der Waals surface area contributed by atoms with E-state index >= 15 is 0 Å². The maximum absolute atomic E-state index is 8.98. The Morgan fingerprint density at radius 3 is 2.74 bits per heavy atom. The van der Waals surface area contributed by atoms with E-state index in [1.165, 1.54) is 0 Å². The van der Waals surface area contributed by atoms with E-state index in [9.17, 15) is 0 Å². The van der Waals surface area contributed by atoms with E-state index in [1.54, 1.807) is 17.1 Å². The van der Waals surface area contributed by atoms with Gasteiger partial charge in [-0.05, 0) is 29.8 Å². The molecule has 4 rings (SSSR count). The van der Waals surface area contributed by atoms with Gasteiger partial charge in [0.05, 0.1) is 0 Å². The van der Waals surface area contributed by atoms with Crippen LogP contribution >= 0.6 is 0 Å². The highest BCUT2D eigenvalue weighted by Gasteiger charge is 2.21. The van der Waals surface area contributed by atoms with Gasteiger partial charge in [0.2, 0.25) is 0 Å². The van der Waals surface area contributed by atoms with E-state index < -0.39 is 0 Å². The number of hydrogen-bond donors (Lipinski definition) is 1. The Balaban J connectivity index is 1.84. The topological polar surface area (TPSA) is 72.5 Å². The first-order chi connectivity index (χ1) is 11.3. The second-order valence-corrected chi connectivity index (χ2v) is 5.35. The molecule has 0 amide bonds. The van der Waals surface area contributed by atoms with Crippen LogP contribution in [0.3, 0.4) is 0 Å². The highest BCUT2D eigenvalue weighted by molar-refractivity contribution is 6.06. The highest BCUT2D eigenvalue weighted by Crippen LogP contribution is 2.35. The molecule has 2 aromatic heterocycles. The van der Waals surface area contributed by atoms with Gasteiger partial charge in [0, 0.05) is 42.3 Å². The van der Waals surface area contributed by atoms with E-state index in [2.05, 4.69) is 15.2 Å². The minimum absolute atomic E-state index is 0.291. The number of aryl methyl sites for hydroxylation is 1. The quantitative estimate of drug-likeness (QED) is 0.583. The van der Waals surface area contributed by atoms with Crippen LogP contribution in [0.25, 0.3) is 22.4 Å². The van der Waals surface area contributed by atoms with Crippen LogP contribution < -0.4 is 4.74 Å². The Bertz CT molecular complexity index is 900. The van der Waals surface area contributed by atoms with Crippen LogP contribution in [0.5, 0.6) is 5.75 Å². The van der Waals surface area contributed by atoms with Gasteiger partial charge in [-0.3, -0.25) is 9.67 Å². The lowest BCUT2D eigenvalue weighted by Gasteiger charge is -2.05. The number of rotatable bonds is 2. The van der Waals surface area contributed by atoms with Crippen LogP contribution in [-0.4, -0.2) is 32.3 Å². The van der Waals surface area contributed by atoms with Crippen molar-refractivity contribution in [3.63, 3.8) is 0 Å². The Labute approximate surface area is 132 Å². The third-order valence-electron chi connectivity index (χ3n) is 3.87. The Hall–Kier alpha value is -3.15. The molecule has 114 valence electrons. The van der Waals surface area contributed by atoms with Gasteiger partial charge in [0.15, 0.2) is 0 Å². The molecule has 3 heterocycles. The van der Waals surface area contributed by atoms with Gasteiger partial charge in [0.25, 0.3) is 0 Å². The molecule has 0 aliphatic carbocycles. The fraction of sp³-hybridized carbons (Fsp3) is 0.118. The Morgan fingerprint density at radius 2 is 1.96 bits per heavy atom. The number of oxime groups is 1. The Kier molecular flexibility index (Phi) is 3.08. The molecule has 0 fully saturated rings. The molecule has 1 aliphatic rings. The van der Waals surface area contributed by atoms with Crippen molar-refractivity contribution >= 4 is 5.71 Å². The van der Waals surface area contributed by atoms with Crippen LogP contribution in [0.4, 0.5) is 0 Å². The zero-order valence-corrected chi connectivity index (χ0v) is 12.5. The van der Waals surface area contributed by atoms with Crippen molar-refractivity contribution in [2.75, 3.05) is 6.61 Å². The largest absolute Gasteiger partial charge is 0.486 e. The second kappa shape index (κ2) is 5.24. The summed E-state index contributed by atoms with van der Waals surface area (Å²) in [5, 5.41) is 16.8. The molecule has 0 spiro atoms. The highest BCUT2D eigenvalue weighted by atomic mass is 16.5. The summed E-state index contributed by atoms with van der Waals surface area (Å²) in [6.45, 7) is 0.291. The number of hydrogen-bond acceptors (Lipinski definition) is 5. The number of pyridine rings is 1. The van der Waals surface area contributed by atoms with E-state index in [0.29, 0.717) is 12.3 Å². The maximum Gasteiger partial charge on any atom is 0.134 e. The maximum atomic E-state index is 8.98. The van der Waals surface area contributed by atoms with Crippen LogP contribution in [-0.2, 0) is 7.05 Å². The summed E-state index contributed by atoms with van der Waals surface area (Å²) in [7, 11) is 1.90. The van der Waals surface area contributed by atoms with Crippen LogP contribution in [0, 0.1) is 0 Å². The summed E-state index contributed by atoms with van der Waals surface area (Å²) in [4.78, 5) is 4.05. The molecule has 23 heavy (non-hydrogen) atoms. The first-order valence-corrected chi connectivity index (χ1v) is 7.19. The molecule has 0 saturated carbocycles. The number of benzene rings is 1. The molecule has 3 aromatic rings. The zero-order chi connectivity index (χ0) is 15.8. The summed E-state index contributed by atoms with van der Waals surface area (Å²) < 4.78 is 7.38. The SMILES string of the molecule is Cn1cc(-c2ccc3c(c2)OC/C3=N\O)c(-c2ccncc2)n1. The van der Waals surface area contributed by atoms with Crippen molar-refractivity contribution in [3.05, 3.63) is 54.5 Å². The molecular formula is C17H14N4O2. The lowest BCUT2D eigenvalue weighted by Crippen LogP contribution is -2.01. The van der Waals surface area contributed by atoms with Gasteiger partial charge < -0.3 is 9.94 Å². The van der Waals surface area contributed by atoms with E-state index in [0.717, 1.165) is 33.7 Å². The average molecular weight is 306 g/mol. The van der Waals surface area contributed by atoms with Gasteiger partial charge in [0.1, 0.15) is 23.8 Å². The average Bonchev–Trinajstić information content (AvgIpc) is 3.18. The third kappa shape index (κ3) is 2.24. The normalized spacial score (nSPS) is 14.7. The molecule has 0 atom stereocenters. The van der Waals surface area contributed by atoms with Gasteiger partial charge in [-0.15, -0.1) is 0 Å². The van der Waals surface area contributed by atoms with Crippen LogP contribution in [0.15, 0.2) is 54.1 Å². The molecule has 6 nitrogen and oxygen atoms in total. The molecule has 0 bridgehead atoms. The zero-order valence-electron chi connectivity index (χ0n) is 12.5. The molecular weight excluding hydrogens is 292 g/mol. The monoisotopic (exact) mass is 306 g/mol. The molecule has 1 aromatic carbocycles. The molecule has 1 aliphatic heterocycles. The fourth-order valence-electron chi connectivity index (χ4n) is 2.78. The number of nitrogens with zero attached hydrogens (tertiary/aromatic N) is 4. The first-order valence-electron chi connectivity index (χ1n) is 7.19. The van der Waals surface area contributed by atoms with Gasteiger partial charge in [-0.2, -0.15) is 5.10 Å². The molecule has 1 N–H and O–H groups in total. The van der Waals surface area contributed by atoms with Crippen molar-refractivity contribution < 1.29 is 9.94 Å². The summed E-state index contributed by atoms with van der Waals surface area (Å²) >= 11 is 0.